The first-order chi connectivity index (χ1) is 9.60. The molecule has 0 fully saturated rings. The second-order valence-corrected chi connectivity index (χ2v) is 4.64. The monoisotopic (exact) mass is 277 g/mol. The number of carbonyl (C=O) groups is 1. The maximum atomic E-state index is 11.7. The quantitative estimate of drug-likeness (QED) is 0.743. The smallest absolute Gasteiger partial charge is 0.258 e. The van der Waals surface area contributed by atoms with Crippen LogP contribution in [0.5, 0.6) is 11.5 Å². The number of rotatable bonds is 8. The summed E-state index contributed by atoms with van der Waals surface area (Å²) in [6.45, 7) is 7.67. The summed E-state index contributed by atoms with van der Waals surface area (Å²) in [4.78, 5) is 11.7. The molecular weight excluding hydrogens is 254 g/mol. The average molecular weight is 277 g/mol. The molecule has 0 aliphatic rings. The van der Waals surface area contributed by atoms with Gasteiger partial charge in [-0.1, -0.05) is 19.1 Å². The number of ether oxygens (including phenoxy) is 2. The molecule has 1 amide bonds. The molecule has 0 radical (unpaired) electrons. The zero-order valence-electron chi connectivity index (χ0n) is 12.4. The van der Waals surface area contributed by atoms with Crippen molar-refractivity contribution in [1.82, 2.24) is 5.32 Å². The van der Waals surface area contributed by atoms with Crippen LogP contribution < -0.4 is 14.8 Å². The number of amides is 1. The Labute approximate surface area is 120 Å². The summed E-state index contributed by atoms with van der Waals surface area (Å²) in [5.74, 6) is 1.07. The molecule has 0 spiro atoms. The highest BCUT2D eigenvalue weighted by Gasteiger charge is 2.09. The zero-order valence-corrected chi connectivity index (χ0v) is 12.4. The van der Waals surface area contributed by atoms with E-state index in [-0.39, 0.29) is 18.6 Å². The van der Waals surface area contributed by atoms with Crippen LogP contribution in [-0.4, -0.2) is 25.7 Å². The van der Waals surface area contributed by atoms with Gasteiger partial charge < -0.3 is 14.8 Å². The van der Waals surface area contributed by atoms with E-state index in [0.717, 1.165) is 18.4 Å². The zero-order chi connectivity index (χ0) is 15.0. The molecule has 1 unspecified atom stereocenters. The van der Waals surface area contributed by atoms with Crippen molar-refractivity contribution in [2.75, 3.05) is 13.7 Å². The van der Waals surface area contributed by atoms with Gasteiger partial charge in [-0.15, -0.1) is 6.58 Å². The van der Waals surface area contributed by atoms with Crippen LogP contribution >= 0.6 is 0 Å². The van der Waals surface area contributed by atoms with Crippen molar-refractivity contribution in [3.8, 4) is 11.5 Å². The standard InChI is InChI=1S/C16H23NO3/c1-5-7-13-8-9-14(15(10-13)19-4)20-11-16(18)17-12(3)6-2/h5,8-10,12H,1,6-7,11H2,2-4H3,(H,17,18). The maximum absolute atomic E-state index is 11.7. The van der Waals surface area contributed by atoms with Crippen molar-refractivity contribution in [3.63, 3.8) is 0 Å². The van der Waals surface area contributed by atoms with E-state index in [1.54, 1.807) is 7.11 Å². The highest BCUT2D eigenvalue weighted by Crippen LogP contribution is 2.28. The lowest BCUT2D eigenvalue weighted by Gasteiger charge is -2.14. The fraction of sp³-hybridized carbons (Fsp3) is 0.438. The third-order valence-corrected chi connectivity index (χ3v) is 2.99. The molecule has 1 aromatic rings. The van der Waals surface area contributed by atoms with Crippen LogP contribution in [0.4, 0.5) is 0 Å². The minimum Gasteiger partial charge on any atom is -0.493 e. The number of methoxy groups -OCH3 is 1. The molecule has 0 heterocycles. The van der Waals surface area contributed by atoms with Crippen molar-refractivity contribution < 1.29 is 14.3 Å². The van der Waals surface area contributed by atoms with Crippen LogP contribution in [0.3, 0.4) is 0 Å². The van der Waals surface area contributed by atoms with Crippen molar-refractivity contribution in [3.05, 3.63) is 36.4 Å². The summed E-state index contributed by atoms with van der Waals surface area (Å²) in [7, 11) is 1.58. The average Bonchev–Trinajstić information content (AvgIpc) is 2.45. The van der Waals surface area contributed by atoms with Crippen molar-refractivity contribution >= 4 is 5.91 Å². The highest BCUT2D eigenvalue weighted by atomic mass is 16.5. The Morgan fingerprint density at radius 2 is 2.20 bits per heavy atom. The molecule has 4 heteroatoms. The molecule has 0 bridgehead atoms. The van der Waals surface area contributed by atoms with Gasteiger partial charge in [-0.2, -0.15) is 0 Å². The second kappa shape index (κ2) is 8.25. The fourth-order valence-electron chi connectivity index (χ4n) is 1.69. The van der Waals surface area contributed by atoms with Crippen LogP contribution in [0.15, 0.2) is 30.9 Å². The molecule has 110 valence electrons. The topological polar surface area (TPSA) is 47.6 Å². The molecule has 1 atom stereocenters. The molecule has 20 heavy (non-hydrogen) atoms. The van der Waals surface area contributed by atoms with E-state index in [0.29, 0.717) is 11.5 Å². The third kappa shape index (κ3) is 4.96. The van der Waals surface area contributed by atoms with Crippen LogP contribution in [0.1, 0.15) is 25.8 Å². The molecule has 1 aromatic carbocycles. The summed E-state index contributed by atoms with van der Waals surface area (Å²) < 4.78 is 10.8. The normalized spacial score (nSPS) is 11.6. The van der Waals surface area contributed by atoms with Gasteiger partial charge in [0.1, 0.15) is 0 Å². The molecule has 4 nitrogen and oxygen atoms in total. The SMILES string of the molecule is C=CCc1ccc(OCC(=O)NC(C)CC)c(OC)c1. The largest absolute Gasteiger partial charge is 0.493 e. The van der Waals surface area contributed by atoms with E-state index < -0.39 is 0 Å². The lowest BCUT2D eigenvalue weighted by atomic mass is 10.1. The summed E-state index contributed by atoms with van der Waals surface area (Å²) >= 11 is 0. The van der Waals surface area contributed by atoms with Crippen LogP contribution in [0.25, 0.3) is 0 Å². The Kier molecular flexibility index (Phi) is 6.64. The number of hydrogen-bond acceptors (Lipinski definition) is 3. The van der Waals surface area contributed by atoms with Gasteiger partial charge in [-0.3, -0.25) is 4.79 Å². The maximum Gasteiger partial charge on any atom is 0.258 e. The first kappa shape index (κ1) is 16.1. The van der Waals surface area contributed by atoms with Crippen LogP contribution in [0, 0.1) is 0 Å². The van der Waals surface area contributed by atoms with Crippen molar-refractivity contribution in [2.45, 2.75) is 32.7 Å². The Bertz CT molecular complexity index is 457. The summed E-state index contributed by atoms with van der Waals surface area (Å²) in [5, 5.41) is 2.85. The predicted molar refractivity (Wildman–Crippen MR) is 80.3 cm³/mol. The molecule has 1 rings (SSSR count). The Balaban J connectivity index is 2.63. The molecule has 0 aliphatic heterocycles. The van der Waals surface area contributed by atoms with E-state index >= 15 is 0 Å². The van der Waals surface area contributed by atoms with Gasteiger partial charge in [-0.25, -0.2) is 0 Å². The Morgan fingerprint density at radius 1 is 1.45 bits per heavy atom. The highest BCUT2D eigenvalue weighted by molar-refractivity contribution is 5.77. The van der Waals surface area contributed by atoms with Gasteiger partial charge in [0.15, 0.2) is 18.1 Å². The lowest BCUT2D eigenvalue weighted by molar-refractivity contribution is -0.123. The molecule has 1 N–H and O–H groups in total. The molecule has 0 aromatic heterocycles. The van der Waals surface area contributed by atoms with Gasteiger partial charge in [0.05, 0.1) is 7.11 Å². The van der Waals surface area contributed by atoms with E-state index in [1.165, 1.54) is 0 Å². The molecular formula is C16H23NO3. The van der Waals surface area contributed by atoms with Crippen molar-refractivity contribution in [2.24, 2.45) is 0 Å². The molecule has 0 saturated heterocycles. The lowest BCUT2D eigenvalue weighted by Crippen LogP contribution is -2.35. The van der Waals surface area contributed by atoms with E-state index in [9.17, 15) is 4.79 Å². The van der Waals surface area contributed by atoms with E-state index in [1.807, 2.05) is 38.1 Å². The fourth-order valence-corrected chi connectivity index (χ4v) is 1.69. The Hall–Kier alpha value is -1.97. The number of hydrogen-bond donors (Lipinski definition) is 1. The summed E-state index contributed by atoms with van der Waals surface area (Å²) in [6, 6.07) is 5.80. The number of nitrogens with one attached hydrogen (secondary N) is 1. The minimum absolute atomic E-state index is 0.0124. The van der Waals surface area contributed by atoms with Gasteiger partial charge in [0.2, 0.25) is 0 Å². The first-order valence-corrected chi connectivity index (χ1v) is 6.80. The van der Waals surface area contributed by atoms with Gasteiger partial charge in [0, 0.05) is 6.04 Å². The third-order valence-electron chi connectivity index (χ3n) is 2.99. The van der Waals surface area contributed by atoms with E-state index in [2.05, 4.69) is 11.9 Å². The second-order valence-electron chi connectivity index (χ2n) is 4.64. The summed E-state index contributed by atoms with van der Waals surface area (Å²) in [6.07, 6.45) is 3.49. The predicted octanol–water partition coefficient (Wildman–Crippen LogP) is 2.72. The number of allylic oxidation sites excluding steroid dienone is 1. The van der Waals surface area contributed by atoms with Crippen LogP contribution in [-0.2, 0) is 11.2 Å². The molecule has 0 saturated carbocycles. The van der Waals surface area contributed by atoms with Gasteiger partial charge in [-0.05, 0) is 37.5 Å². The van der Waals surface area contributed by atoms with Crippen molar-refractivity contribution in [1.29, 1.82) is 0 Å². The van der Waals surface area contributed by atoms with E-state index in [4.69, 9.17) is 9.47 Å². The number of carbonyl (C=O) groups excluding carboxylic acids is 1. The van der Waals surface area contributed by atoms with Gasteiger partial charge >= 0.3 is 0 Å². The number of benzene rings is 1. The Morgan fingerprint density at radius 3 is 2.80 bits per heavy atom. The minimum atomic E-state index is -0.128. The first-order valence-electron chi connectivity index (χ1n) is 6.80. The van der Waals surface area contributed by atoms with Gasteiger partial charge in [0.25, 0.3) is 5.91 Å². The summed E-state index contributed by atoms with van der Waals surface area (Å²) in [5.41, 5.74) is 1.09. The molecule has 0 aliphatic carbocycles. The van der Waals surface area contributed by atoms with Crippen LogP contribution in [0.2, 0.25) is 0 Å².